The van der Waals surface area contributed by atoms with Crippen LogP contribution in [0.4, 0.5) is 4.39 Å². The number of hydrogen-bond acceptors (Lipinski definition) is 1. The van der Waals surface area contributed by atoms with Gasteiger partial charge in [0, 0.05) is 16.1 Å². The Hall–Kier alpha value is -0.610. The summed E-state index contributed by atoms with van der Waals surface area (Å²) in [5.41, 5.74) is 1.65. The molecule has 1 N–H and O–H groups in total. The van der Waals surface area contributed by atoms with E-state index in [1.807, 2.05) is 19.1 Å². The minimum atomic E-state index is -0.218. The van der Waals surface area contributed by atoms with Gasteiger partial charge in [-0.15, -0.1) is 0 Å². The second-order valence-corrected chi connectivity index (χ2v) is 6.46. The lowest BCUT2D eigenvalue weighted by molar-refractivity contribution is 0.509. The predicted octanol–water partition coefficient (Wildman–Crippen LogP) is 5.79. The summed E-state index contributed by atoms with van der Waals surface area (Å²) in [6.45, 7) is 2.75. The smallest absolute Gasteiger partial charge is 0.128 e. The van der Waals surface area contributed by atoms with Crippen molar-refractivity contribution in [1.82, 2.24) is 5.32 Å². The van der Waals surface area contributed by atoms with Crippen molar-refractivity contribution in [2.45, 2.75) is 19.4 Å². The molecule has 0 aromatic heterocycles. The number of benzene rings is 2. The van der Waals surface area contributed by atoms with Gasteiger partial charge in [0.1, 0.15) is 5.82 Å². The van der Waals surface area contributed by atoms with Crippen LogP contribution in [0.5, 0.6) is 0 Å². The van der Waals surface area contributed by atoms with Gasteiger partial charge in [0.15, 0.2) is 0 Å². The zero-order chi connectivity index (χ0) is 15.4. The third-order valence-corrected chi connectivity index (χ3v) is 4.44. The van der Waals surface area contributed by atoms with Gasteiger partial charge < -0.3 is 5.32 Å². The molecule has 0 bridgehead atoms. The van der Waals surface area contributed by atoms with Gasteiger partial charge in [-0.05, 0) is 48.9 Å². The van der Waals surface area contributed by atoms with Gasteiger partial charge in [0.2, 0.25) is 0 Å². The van der Waals surface area contributed by atoms with Gasteiger partial charge in [-0.3, -0.25) is 0 Å². The largest absolute Gasteiger partial charge is 0.310 e. The summed E-state index contributed by atoms with van der Waals surface area (Å²) in [6, 6.07) is 10.3. The molecule has 2 aromatic rings. The van der Waals surface area contributed by atoms with E-state index >= 15 is 0 Å². The van der Waals surface area contributed by atoms with Crippen LogP contribution in [0.15, 0.2) is 40.9 Å². The molecule has 0 aliphatic carbocycles. The van der Waals surface area contributed by atoms with Crippen molar-refractivity contribution in [1.29, 1.82) is 0 Å². The van der Waals surface area contributed by atoms with Crippen molar-refractivity contribution in [2.24, 2.45) is 0 Å². The Balaban J connectivity index is 2.30. The van der Waals surface area contributed by atoms with E-state index in [0.717, 1.165) is 16.6 Å². The second-order valence-electron chi connectivity index (χ2n) is 4.73. The molecule has 0 saturated carbocycles. The van der Waals surface area contributed by atoms with Crippen molar-refractivity contribution in [2.75, 3.05) is 6.54 Å². The van der Waals surface area contributed by atoms with Crippen LogP contribution in [0.3, 0.4) is 0 Å². The van der Waals surface area contributed by atoms with E-state index in [0.29, 0.717) is 22.0 Å². The maximum Gasteiger partial charge on any atom is 0.128 e. The van der Waals surface area contributed by atoms with E-state index < -0.39 is 0 Å². The Morgan fingerprint density at radius 3 is 2.57 bits per heavy atom. The SMILES string of the molecule is CCNC(Cc1ccc(Cl)c(Cl)c1)c1cc(Br)ccc1F. The number of rotatable bonds is 5. The molecule has 1 nitrogen and oxygen atoms in total. The summed E-state index contributed by atoms with van der Waals surface area (Å²) in [6.07, 6.45) is 0.637. The molecule has 0 heterocycles. The molecule has 21 heavy (non-hydrogen) atoms. The van der Waals surface area contributed by atoms with Gasteiger partial charge in [-0.1, -0.05) is 52.1 Å². The van der Waals surface area contributed by atoms with Crippen LogP contribution in [0.2, 0.25) is 10.0 Å². The first-order valence-corrected chi connectivity index (χ1v) is 8.18. The van der Waals surface area contributed by atoms with Gasteiger partial charge in [-0.25, -0.2) is 4.39 Å². The van der Waals surface area contributed by atoms with Gasteiger partial charge >= 0.3 is 0 Å². The lowest BCUT2D eigenvalue weighted by Gasteiger charge is -2.20. The molecule has 2 rings (SSSR count). The summed E-state index contributed by atoms with van der Waals surface area (Å²) in [4.78, 5) is 0. The fraction of sp³-hybridized carbons (Fsp3) is 0.250. The second kappa shape index (κ2) is 7.59. The highest BCUT2D eigenvalue weighted by atomic mass is 79.9. The summed E-state index contributed by atoms with van der Waals surface area (Å²) < 4.78 is 14.9. The summed E-state index contributed by atoms with van der Waals surface area (Å²) >= 11 is 15.4. The normalized spacial score (nSPS) is 12.4. The lowest BCUT2D eigenvalue weighted by atomic mass is 9.98. The monoisotopic (exact) mass is 389 g/mol. The van der Waals surface area contributed by atoms with Crippen LogP contribution in [0.1, 0.15) is 24.1 Å². The molecular weight excluding hydrogens is 376 g/mol. The topological polar surface area (TPSA) is 12.0 Å². The first-order chi connectivity index (χ1) is 10.0. The Bertz CT molecular complexity index is 634. The van der Waals surface area contributed by atoms with Crippen molar-refractivity contribution in [3.8, 4) is 0 Å². The minimum Gasteiger partial charge on any atom is -0.310 e. The third-order valence-electron chi connectivity index (χ3n) is 3.21. The first-order valence-electron chi connectivity index (χ1n) is 6.63. The highest BCUT2D eigenvalue weighted by Crippen LogP contribution is 2.28. The van der Waals surface area contributed by atoms with Crippen molar-refractivity contribution in [3.63, 3.8) is 0 Å². The maximum atomic E-state index is 14.1. The Morgan fingerprint density at radius 1 is 1.14 bits per heavy atom. The standard InChI is InChI=1S/C16H15BrCl2FN/c1-2-21-16(12-9-11(17)4-6-15(12)20)8-10-3-5-13(18)14(19)7-10/h3-7,9,16,21H,2,8H2,1H3. The molecule has 2 aromatic carbocycles. The molecule has 5 heteroatoms. The predicted molar refractivity (Wildman–Crippen MR) is 90.7 cm³/mol. The molecule has 1 atom stereocenters. The Kier molecular flexibility index (Phi) is 6.06. The molecule has 0 fully saturated rings. The highest BCUT2D eigenvalue weighted by Gasteiger charge is 2.16. The number of hydrogen-bond donors (Lipinski definition) is 1. The molecule has 0 aliphatic heterocycles. The number of likely N-dealkylation sites (N-methyl/N-ethyl adjacent to an activating group) is 1. The third kappa shape index (κ3) is 4.43. The zero-order valence-electron chi connectivity index (χ0n) is 11.5. The molecule has 1 unspecified atom stereocenters. The molecule has 0 saturated heterocycles. The molecule has 0 amide bonds. The highest BCUT2D eigenvalue weighted by molar-refractivity contribution is 9.10. The van der Waals surface area contributed by atoms with Crippen molar-refractivity contribution < 1.29 is 4.39 Å². The molecule has 0 spiro atoms. The van der Waals surface area contributed by atoms with Crippen molar-refractivity contribution in [3.05, 3.63) is 67.9 Å². The average Bonchev–Trinajstić information content (AvgIpc) is 2.45. The van der Waals surface area contributed by atoms with E-state index in [-0.39, 0.29) is 11.9 Å². The van der Waals surface area contributed by atoms with Gasteiger partial charge in [-0.2, -0.15) is 0 Å². The van der Waals surface area contributed by atoms with E-state index in [1.165, 1.54) is 6.07 Å². The van der Waals surface area contributed by atoms with Crippen LogP contribution in [-0.2, 0) is 6.42 Å². The van der Waals surface area contributed by atoms with E-state index in [2.05, 4.69) is 21.2 Å². The minimum absolute atomic E-state index is 0.121. The zero-order valence-corrected chi connectivity index (χ0v) is 14.6. The number of halogens is 4. The van der Waals surface area contributed by atoms with Crippen LogP contribution >= 0.6 is 39.1 Å². The number of nitrogens with one attached hydrogen (secondary N) is 1. The van der Waals surface area contributed by atoms with E-state index in [4.69, 9.17) is 23.2 Å². The first kappa shape index (κ1) is 16.8. The van der Waals surface area contributed by atoms with Crippen LogP contribution < -0.4 is 5.32 Å². The average molecular weight is 391 g/mol. The Labute approximate surface area is 142 Å². The fourth-order valence-corrected chi connectivity index (χ4v) is 2.92. The Morgan fingerprint density at radius 2 is 1.90 bits per heavy atom. The molecule has 0 radical (unpaired) electrons. The van der Waals surface area contributed by atoms with Crippen LogP contribution in [0, 0.1) is 5.82 Å². The molecule has 112 valence electrons. The van der Waals surface area contributed by atoms with Crippen LogP contribution in [0.25, 0.3) is 0 Å². The summed E-state index contributed by atoms with van der Waals surface area (Å²) in [5.74, 6) is -0.218. The fourth-order valence-electron chi connectivity index (χ4n) is 2.22. The van der Waals surface area contributed by atoms with Gasteiger partial charge in [0.25, 0.3) is 0 Å². The van der Waals surface area contributed by atoms with E-state index in [9.17, 15) is 4.39 Å². The molecular formula is C16H15BrCl2FN. The quantitative estimate of drug-likeness (QED) is 0.681. The summed E-state index contributed by atoms with van der Waals surface area (Å²) in [5, 5.41) is 4.35. The lowest BCUT2D eigenvalue weighted by Crippen LogP contribution is -2.24. The van der Waals surface area contributed by atoms with Crippen molar-refractivity contribution >= 4 is 39.1 Å². The summed E-state index contributed by atoms with van der Waals surface area (Å²) in [7, 11) is 0. The van der Waals surface area contributed by atoms with Gasteiger partial charge in [0.05, 0.1) is 10.0 Å². The van der Waals surface area contributed by atoms with E-state index in [1.54, 1.807) is 18.2 Å². The molecule has 0 aliphatic rings. The van der Waals surface area contributed by atoms with Crippen LogP contribution in [-0.4, -0.2) is 6.54 Å². The maximum absolute atomic E-state index is 14.1.